The highest BCUT2D eigenvalue weighted by Gasteiger charge is 2.39. The first-order valence-corrected chi connectivity index (χ1v) is 13.5. The number of hydrogen-bond donors (Lipinski definition) is 0. The number of aliphatic carboxylic acids is 1. The van der Waals surface area contributed by atoms with E-state index in [1.807, 2.05) is 20.8 Å². The van der Waals surface area contributed by atoms with Gasteiger partial charge in [-0.1, -0.05) is 37.8 Å². The number of methoxy groups -OCH3 is 1. The molecule has 0 bridgehead atoms. The molecule has 0 aliphatic rings. The molecule has 0 N–H and O–H groups in total. The standard InChI is InChI=1S/C24H40O7Si/c1-5-29-32(30-6-2,31-7-3)19-13-11-9-8-10-12-18-28-23-20-21(15-17-24(25)26)14-16-22(23)27-4/h14-17,20H,5-13,18-19H2,1-4H3,(H,25,26)/p-1/b17-15+. The van der Waals surface area contributed by atoms with E-state index in [1.54, 1.807) is 25.3 Å². The van der Waals surface area contributed by atoms with E-state index in [-0.39, 0.29) is 0 Å². The quantitative estimate of drug-likeness (QED) is 0.171. The molecular formula is C24H39O7Si-. The Morgan fingerprint density at radius 1 is 0.906 bits per heavy atom. The molecule has 1 aromatic rings. The maximum atomic E-state index is 10.6. The fourth-order valence-corrected chi connectivity index (χ4v) is 6.09. The van der Waals surface area contributed by atoms with Crippen LogP contribution in [0.15, 0.2) is 24.3 Å². The maximum absolute atomic E-state index is 10.6. The summed E-state index contributed by atoms with van der Waals surface area (Å²) in [7, 11) is -0.931. The molecule has 0 atom stereocenters. The largest absolute Gasteiger partial charge is 0.545 e. The van der Waals surface area contributed by atoms with E-state index in [0.29, 0.717) is 37.9 Å². The summed E-state index contributed by atoms with van der Waals surface area (Å²) in [6.07, 6.45) is 8.96. The van der Waals surface area contributed by atoms with E-state index in [0.717, 1.165) is 56.2 Å². The molecule has 0 unspecified atom stereocenters. The zero-order valence-corrected chi connectivity index (χ0v) is 21.0. The number of carboxylic acid groups (broad SMARTS) is 1. The van der Waals surface area contributed by atoms with Crippen LogP contribution < -0.4 is 14.6 Å². The number of carboxylic acids is 1. The fraction of sp³-hybridized carbons (Fsp3) is 0.625. The second kappa shape index (κ2) is 16.7. The number of hydrogen-bond acceptors (Lipinski definition) is 7. The number of carbonyl (C=O) groups excluding carboxylic acids is 1. The number of benzene rings is 1. The lowest BCUT2D eigenvalue weighted by Gasteiger charge is -2.28. The molecule has 0 radical (unpaired) electrons. The Bertz CT molecular complexity index is 661. The topological polar surface area (TPSA) is 86.3 Å². The van der Waals surface area contributed by atoms with Crippen molar-refractivity contribution in [2.75, 3.05) is 33.5 Å². The highest BCUT2D eigenvalue weighted by atomic mass is 28.4. The normalized spacial score (nSPS) is 11.8. The monoisotopic (exact) mass is 467 g/mol. The van der Waals surface area contributed by atoms with E-state index < -0.39 is 14.8 Å². The lowest BCUT2D eigenvalue weighted by atomic mass is 10.1. The van der Waals surface area contributed by atoms with Gasteiger partial charge >= 0.3 is 8.80 Å². The van der Waals surface area contributed by atoms with Crippen molar-refractivity contribution < 1.29 is 32.7 Å². The van der Waals surface area contributed by atoms with Crippen molar-refractivity contribution in [2.24, 2.45) is 0 Å². The summed E-state index contributed by atoms with van der Waals surface area (Å²) >= 11 is 0. The molecule has 0 amide bonds. The summed E-state index contributed by atoms with van der Waals surface area (Å²) in [6.45, 7) is 8.39. The molecule has 7 nitrogen and oxygen atoms in total. The van der Waals surface area contributed by atoms with Gasteiger partial charge in [0.25, 0.3) is 0 Å². The predicted octanol–water partition coefficient (Wildman–Crippen LogP) is 4.23. The van der Waals surface area contributed by atoms with Gasteiger partial charge in [-0.2, -0.15) is 0 Å². The Kier molecular flexibility index (Phi) is 14.7. The summed E-state index contributed by atoms with van der Waals surface area (Å²) in [5.41, 5.74) is 0.718. The first-order valence-electron chi connectivity index (χ1n) is 11.6. The molecule has 0 fully saturated rings. The molecule has 1 aromatic carbocycles. The molecule has 182 valence electrons. The van der Waals surface area contributed by atoms with Crippen LogP contribution in [0.4, 0.5) is 0 Å². The number of carbonyl (C=O) groups is 1. The summed E-state index contributed by atoms with van der Waals surface area (Å²) in [6, 6.07) is 6.17. The number of unbranched alkanes of at least 4 members (excludes halogenated alkanes) is 5. The van der Waals surface area contributed by atoms with Crippen LogP contribution >= 0.6 is 0 Å². The average Bonchev–Trinajstić information content (AvgIpc) is 2.77. The van der Waals surface area contributed by atoms with Gasteiger partial charge in [0.2, 0.25) is 0 Å². The van der Waals surface area contributed by atoms with Gasteiger partial charge in [-0.3, -0.25) is 0 Å². The molecular weight excluding hydrogens is 428 g/mol. The van der Waals surface area contributed by atoms with Crippen LogP contribution in [0.2, 0.25) is 6.04 Å². The summed E-state index contributed by atoms with van der Waals surface area (Å²) in [4.78, 5) is 10.6. The van der Waals surface area contributed by atoms with Crippen LogP contribution in [-0.2, 0) is 18.1 Å². The van der Waals surface area contributed by atoms with Crippen LogP contribution in [0.3, 0.4) is 0 Å². The third-order valence-electron chi connectivity index (χ3n) is 4.83. The molecule has 0 aliphatic heterocycles. The van der Waals surface area contributed by atoms with Gasteiger partial charge in [0.05, 0.1) is 19.7 Å². The van der Waals surface area contributed by atoms with Gasteiger partial charge in [0.15, 0.2) is 11.5 Å². The Hall–Kier alpha value is -1.87. The predicted molar refractivity (Wildman–Crippen MR) is 126 cm³/mol. The van der Waals surface area contributed by atoms with Crippen molar-refractivity contribution in [1.29, 1.82) is 0 Å². The van der Waals surface area contributed by atoms with Gasteiger partial charge in [-0.25, -0.2) is 0 Å². The van der Waals surface area contributed by atoms with Crippen molar-refractivity contribution in [3.63, 3.8) is 0 Å². The third-order valence-corrected chi connectivity index (χ3v) is 7.98. The second-order valence-electron chi connectivity index (χ2n) is 7.26. The zero-order chi connectivity index (χ0) is 23.7. The van der Waals surface area contributed by atoms with E-state index in [1.165, 1.54) is 6.08 Å². The van der Waals surface area contributed by atoms with Crippen molar-refractivity contribution in [3.05, 3.63) is 29.8 Å². The van der Waals surface area contributed by atoms with Crippen molar-refractivity contribution in [3.8, 4) is 11.5 Å². The fourth-order valence-electron chi connectivity index (χ4n) is 3.41. The number of rotatable bonds is 19. The number of ether oxygens (including phenoxy) is 2. The molecule has 0 aliphatic carbocycles. The molecule has 8 heteroatoms. The Morgan fingerprint density at radius 2 is 1.50 bits per heavy atom. The average molecular weight is 468 g/mol. The summed E-state index contributed by atoms with van der Waals surface area (Å²) in [5, 5.41) is 10.6. The van der Waals surface area contributed by atoms with Crippen LogP contribution in [-0.4, -0.2) is 48.3 Å². The summed E-state index contributed by atoms with van der Waals surface area (Å²) < 4.78 is 28.9. The Balaban J connectivity index is 2.31. The van der Waals surface area contributed by atoms with Crippen LogP contribution in [0, 0.1) is 0 Å². The maximum Gasteiger partial charge on any atom is 0.500 e. The Labute approximate surface area is 194 Å². The van der Waals surface area contributed by atoms with Crippen LogP contribution in [0.5, 0.6) is 11.5 Å². The van der Waals surface area contributed by atoms with E-state index in [9.17, 15) is 9.90 Å². The SMILES string of the molecule is CCO[Si](CCCCCCCCOc1cc(/C=C/C(=O)[O-])ccc1OC)(OCC)OCC. The van der Waals surface area contributed by atoms with Gasteiger partial charge in [-0.15, -0.1) is 0 Å². The molecule has 32 heavy (non-hydrogen) atoms. The van der Waals surface area contributed by atoms with Crippen molar-refractivity contribution in [1.82, 2.24) is 0 Å². The van der Waals surface area contributed by atoms with E-state index in [2.05, 4.69) is 0 Å². The third kappa shape index (κ3) is 11.1. The minimum absolute atomic E-state index is 0.582. The molecule has 1 rings (SSSR count). The van der Waals surface area contributed by atoms with Gasteiger partial charge in [0.1, 0.15) is 0 Å². The molecule has 0 saturated heterocycles. The van der Waals surface area contributed by atoms with E-state index in [4.69, 9.17) is 22.8 Å². The molecule has 0 saturated carbocycles. The zero-order valence-electron chi connectivity index (χ0n) is 20.0. The van der Waals surface area contributed by atoms with Crippen molar-refractivity contribution in [2.45, 2.75) is 65.3 Å². The summed E-state index contributed by atoms with van der Waals surface area (Å²) in [5.74, 6) is 0.00296. The second-order valence-corrected chi connectivity index (χ2v) is 10.00. The van der Waals surface area contributed by atoms with Gasteiger partial charge in [0, 0.05) is 25.9 Å². The lowest BCUT2D eigenvalue weighted by molar-refractivity contribution is -0.297. The van der Waals surface area contributed by atoms with Crippen molar-refractivity contribution >= 4 is 20.8 Å². The highest BCUT2D eigenvalue weighted by molar-refractivity contribution is 6.60. The van der Waals surface area contributed by atoms with E-state index >= 15 is 0 Å². The molecule has 0 heterocycles. The van der Waals surface area contributed by atoms with Crippen LogP contribution in [0.25, 0.3) is 6.08 Å². The van der Waals surface area contributed by atoms with Gasteiger partial charge in [-0.05, 0) is 57.4 Å². The lowest BCUT2D eigenvalue weighted by Crippen LogP contribution is -2.45. The van der Waals surface area contributed by atoms with Gasteiger partial charge < -0.3 is 32.7 Å². The first-order chi connectivity index (χ1) is 15.5. The molecule has 0 aromatic heterocycles. The smallest absolute Gasteiger partial charge is 0.500 e. The highest BCUT2D eigenvalue weighted by Crippen LogP contribution is 2.29. The first kappa shape index (κ1) is 28.2. The molecule has 0 spiro atoms. The Morgan fingerprint density at radius 3 is 2.06 bits per heavy atom. The van der Waals surface area contributed by atoms with Crippen LogP contribution in [0.1, 0.15) is 64.9 Å². The minimum atomic E-state index is -2.51. The minimum Gasteiger partial charge on any atom is -0.545 e.